The number of nitrogens with zero attached hydrogens (tertiary/aromatic N) is 4. The average molecular weight is 534 g/mol. The van der Waals surface area contributed by atoms with Gasteiger partial charge in [0.25, 0.3) is 0 Å². The number of halogens is 3. The molecule has 3 aliphatic heterocycles. The highest BCUT2D eigenvalue weighted by Gasteiger charge is 2.37. The number of hydrogen-bond acceptors (Lipinski definition) is 5. The molecule has 0 aromatic rings. The molecule has 38 heavy (non-hydrogen) atoms. The molecule has 2 fully saturated rings. The van der Waals surface area contributed by atoms with Crippen molar-refractivity contribution in [3.8, 4) is 0 Å². The van der Waals surface area contributed by atoms with Crippen LogP contribution >= 0.6 is 0 Å². The molecule has 0 aromatic heterocycles. The average Bonchev–Trinajstić information content (AvgIpc) is 3.32. The lowest BCUT2D eigenvalue weighted by Gasteiger charge is -2.39. The number of piperazine rings is 1. The zero-order chi connectivity index (χ0) is 27.2. The van der Waals surface area contributed by atoms with Gasteiger partial charge >= 0.3 is 0 Å². The van der Waals surface area contributed by atoms with E-state index in [9.17, 15) is 22.8 Å². The summed E-state index contributed by atoms with van der Waals surface area (Å²) in [6, 6.07) is 0. The van der Waals surface area contributed by atoms with Gasteiger partial charge in [-0.2, -0.15) is 0 Å². The molecule has 0 radical (unpaired) electrons. The molecular formula is C28H38F3N5O2. The summed E-state index contributed by atoms with van der Waals surface area (Å²) in [6.45, 7) is 6.27. The summed E-state index contributed by atoms with van der Waals surface area (Å²) in [5.41, 5.74) is 1.52. The smallest absolute Gasteiger partial charge is 0.243 e. The Morgan fingerprint density at radius 1 is 1.29 bits per heavy atom. The first kappa shape index (κ1) is 28.0. The van der Waals surface area contributed by atoms with Crippen LogP contribution in [-0.4, -0.2) is 83.6 Å². The number of aliphatic imine (C=N–C) groups is 1. The molecule has 1 unspecified atom stereocenters. The number of rotatable bonds is 9. The number of hydrogen-bond donors (Lipinski definition) is 1. The lowest BCUT2D eigenvalue weighted by Crippen LogP contribution is -2.57. The first-order valence-corrected chi connectivity index (χ1v) is 13.6. The highest BCUT2D eigenvalue weighted by atomic mass is 19.1. The number of nitrogens with one attached hydrogen (secondary N) is 1. The van der Waals surface area contributed by atoms with Gasteiger partial charge in [-0.1, -0.05) is 25.7 Å². The molecule has 1 saturated carbocycles. The van der Waals surface area contributed by atoms with Gasteiger partial charge in [-0.05, 0) is 56.1 Å². The quantitative estimate of drug-likeness (QED) is 0.452. The number of allylic oxidation sites excluding steroid dienone is 3. The van der Waals surface area contributed by atoms with Gasteiger partial charge in [-0.25, -0.2) is 13.2 Å². The zero-order valence-electron chi connectivity index (χ0n) is 22.0. The van der Waals surface area contributed by atoms with Gasteiger partial charge in [0.05, 0.1) is 18.8 Å². The third-order valence-corrected chi connectivity index (χ3v) is 7.85. The minimum absolute atomic E-state index is 0.0482. The molecule has 1 N–H and O–H groups in total. The van der Waals surface area contributed by atoms with E-state index < -0.39 is 18.5 Å². The number of dihydropyridines is 1. The molecule has 1 aliphatic carbocycles. The van der Waals surface area contributed by atoms with Gasteiger partial charge in [0, 0.05) is 31.9 Å². The van der Waals surface area contributed by atoms with Gasteiger partial charge in [-0.15, -0.1) is 0 Å². The monoisotopic (exact) mass is 533 g/mol. The van der Waals surface area contributed by atoms with E-state index >= 15 is 0 Å². The molecule has 10 heteroatoms. The number of amides is 2. The normalized spacial score (nSPS) is 29.1. The van der Waals surface area contributed by atoms with E-state index in [1.807, 2.05) is 17.2 Å². The van der Waals surface area contributed by atoms with Crippen molar-refractivity contribution >= 4 is 18.0 Å². The van der Waals surface area contributed by atoms with Crippen LogP contribution in [0.15, 0.2) is 53.1 Å². The Morgan fingerprint density at radius 3 is 2.71 bits per heavy atom. The SMILES string of the molecule is C=C/C(=C\C[C@H](F)CC)C1=CN(CC(=O)N2CCN(C3CC(F)=CC=N3)C(=O)C2)[C@H]([C@H]2CC[C@@H](F)CC2)N1. The van der Waals surface area contributed by atoms with E-state index in [4.69, 9.17) is 0 Å². The van der Waals surface area contributed by atoms with Gasteiger partial charge in [0.2, 0.25) is 11.8 Å². The molecule has 1 saturated heterocycles. The number of carbonyl (C=O) groups excluding carboxylic acids is 2. The Kier molecular flexibility index (Phi) is 9.33. The summed E-state index contributed by atoms with van der Waals surface area (Å²) < 4.78 is 41.4. The maximum Gasteiger partial charge on any atom is 0.243 e. The number of alkyl halides is 2. The molecule has 3 atom stereocenters. The second-order valence-corrected chi connectivity index (χ2v) is 10.4. The van der Waals surface area contributed by atoms with E-state index in [1.54, 1.807) is 13.0 Å². The first-order valence-electron chi connectivity index (χ1n) is 13.6. The van der Waals surface area contributed by atoms with Crippen LogP contribution in [0.4, 0.5) is 13.2 Å². The summed E-state index contributed by atoms with van der Waals surface area (Å²) in [5, 5.41) is 3.49. The van der Waals surface area contributed by atoms with Crippen molar-refractivity contribution in [3.05, 3.63) is 48.1 Å². The molecule has 4 rings (SSSR count). The second-order valence-electron chi connectivity index (χ2n) is 10.4. The van der Waals surface area contributed by atoms with Gasteiger partial charge in [0.15, 0.2) is 0 Å². The van der Waals surface area contributed by atoms with Crippen LogP contribution in [-0.2, 0) is 9.59 Å². The van der Waals surface area contributed by atoms with Gasteiger partial charge in [0.1, 0.15) is 30.5 Å². The van der Waals surface area contributed by atoms with Crippen molar-refractivity contribution < 1.29 is 22.8 Å². The van der Waals surface area contributed by atoms with Crippen LogP contribution in [0.3, 0.4) is 0 Å². The third kappa shape index (κ3) is 6.69. The Labute approximate surface area is 222 Å². The molecular weight excluding hydrogens is 495 g/mol. The molecule has 208 valence electrons. The Balaban J connectivity index is 1.44. The van der Waals surface area contributed by atoms with Crippen LogP contribution in [0.5, 0.6) is 0 Å². The van der Waals surface area contributed by atoms with Crippen LogP contribution in [0.25, 0.3) is 0 Å². The Hall–Kier alpha value is -3.04. The molecule has 0 bridgehead atoms. The minimum atomic E-state index is -0.941. The third-order valence-electron chi connectivity index (χ3n) is 7.85. The van der Waals surface area contributed by atoms with Crippen LogP contribution < -0.4 is 5.32 Å². The van der Waals surface area contributed by atoms with Crippen molar-refractivity contribution in [2.75, 3.05) is 26.2 Å². The fourth-order valence-electron chi connectivity index (χ4n) is 5.51. The largest absolute Gasteiger partial charge is 0.363 e. The topological polar surface area (TPSA) is 68.2 Å². The molecule has 0 aromatic carbocycles. The van der Waals surface area contributed by atoms with Crippen molar-refractivity contribution in [3.63, 3.8) is 0 Å². The van der Waals surface area contributed by atoms with Gasteiger partial charge < -0.3 is 20.0 Å². The zero-order valence-corrected chi connectivity index (χ0v) is 22.0. The fourth-order valence-corrected chi connectivity index (χ4v) is 5.51. The summed E-state index contributed by atoms with van der Waals surface area (Å²) in [6.07, 6.45) is 8.59. The van der Waals surface area contributed by atoms with Crippen LogP contribution in [0.1, 0.15) is 51.9 Å². The predicted octanol–water partition coefficient (Wildman–Crippen LogP) is 4.16. The van der Waals surface area contributed by atoms with E-state index in [0.717, 1.165) is 11.3 Å². The van der Waals surface area contributed by atoms with Crippen molar-refractivity contribution in [2.24, 2.45) is 10.9 Å². The maximum absolute atomic E-state index is 13.9. The van der Waals surface area contributed by atoms with E-state index in [2.05, 4.69) is 16.9 Å². The van der Waals surface area contributed by atoms with Crippen LogP contribution in [0, 0.1) is 5.92 Å². The minimum Gasteiger partial charge on any atom is -0.363 e. The van der Waals surface area contributed by atoms with E-state index in [1.165, 1.54) is 22.1 Å². The molecule has 0 spiro atoms. The lowest BCUT2D eigenvalue weighted by atomic mass is 9.85. The van der Waals surface area contributed by atoms with E-state index in [0.29, 0.717) is 38.6 Å². The number of carbonyl (C=O) groups is 2. The molecule has 7 nitrogen and oxygen atoms in total. The van der Waals surface area contributed by atoms with Crippen molar-refractivity contribution in [2.45, 2.75) is 76.5 Å². The molecule has 3 heterocycles. The maximum atomic E-state index is 13.9. The lowest BCUT2D eigenvalue weighted by molar-refractivity contribution is -0.147. The van der Waals surface area contributed by atoms with Crippen LogP contribution in [0.2, 0.25) is 0 Å². The summed E-state index contributed by atoms with van der Waals surface area (Å²) in [5.74, 6) is -0.634. The standard InChI is InChI=1S/C28H38F3N5O2/c1-3-19(5-8-21(29)4-2)24-16-35(28(33-24)20-6-9-22(30)10-7-20)17-26(37)34-13-14-36(27(38)18-34)25-15-23(31)11-12-32-25/h3,5,11-12,16,20-22,25,28,33H,1,4,6-10,13-15,17-18H2,2H3/b19-5+/t20-,21-,22+,25?,28-/m1/s1. The van der Waals surface area contributed by atoms with E-state index in [-0.39, 0.29) is 62.2 Å². The second kappa shape index (κ2) is 12.7. The van der Waals surface area contributed by atoms with Crippen molar-refractivity contribution in [1.29, 1.82) is 0 Å². The highest BCUT2D eigenvalue weighted by Crippen LogP contribution is 2.34. The van der Waals surface area contributed by atoms with Gasteiger partial charge in [-0.3, -0.25) is 14.6 Å². The molecule has 4 aliphatic rings. The van der Waals surface area contributed by atoms with Crippen molar-refractivity contribution in [1.82, 2.24) is 20.0 Å². The Morgan fingerprint density at radius 2 is 2.05 bits per heavy atom. The molecule has 2 amide bonds. The summed E-state index contributed by atoms with van der Waals surface area (Å²) >= 11 is 0. The first-order chi connectivity index (χ1) is 18.3. The highest BCUT2D eigenvalue weighted by molar-refractivity contribution is 5.87. The summed E-state index contributed by atoms with van der Waals surface area (Å²) in [4.78, 5) is 35.3. The Bertz CT molecular complexity index is 1020. The predicted molar refractivity (Wildman–Crippen MR) is 141 cm³/mol. The fraction of sp³-hybridized carbons (Fsp3) is 0.607. The summed E-state index contributed by atoms with van der Waals surface area (Å²) in [7, 11) is 0.